The van der Waals surface area contributed by atoms with E-state index >= 15 is 0 Å². The third-order valence-corrected chi connectivity index (χ3v) is 9.32. The van der Waals surface area contributed by atoms with Gasteiger partial charge in [-0.05, 0) is 50.8 Å². The van der Waals surface area contributed by atoms with Crippen molar-refractivity contribution in [2.45, 2.75) is 82.7 Å². The topological polar surface area (TPSA) is 148 Å². The number of amides is 1. The number of carbonyl (C=O) groups is 1. The number of unbranched alkanes of at least 4 members (excludes halogenated alkanes) is 1. The number of nitro benzene ring substituents is 1. The third kappa shape index (κ3) is 5.35. The van der Waals surface area contributed by atoms with Crippen molar-refractivity contribution in [1.82, 2.24) is 10.1 Å². The lowest BCUT2D eigenvalue weighted by molar-refractivity contribution is -0.384. The monoisotopic (exact) mass is 579 g/mol. The van der Waals surface area contributed by atoms with Crippen molar-refractivity contribution >= 4 is 33.3 Å². The molecule has 5 rings (SSSR count). The lowest BCUT2D eigenvalue weighted by Crippen LogP contribution is -2.40. The Morgan fingerprint density at radius 3 is 2.51 bits per heavy atom. The number of hydrogen-bond acceptors (Lipinski definition) is 8. The van der Waals surface area contributed by atoms with Crippen molar-refractivity contribution < 1.29 is 22.7 Å². The Morgan fingerprint density at radius 2 is 1.85 bits per heavy atom. The smallest absolute Gasteiger partial charge is 0.277 e. The van der Waals surface area contributed by atoms with Crippen LogP contribution in [0.1, 0.15) is 68.7 Å². The highest BCUT2D eigenvalue weighted by molar-refractivity contribution is 7.92. The van der Waals surface area contributed by atoms with E-state index in [0.29, 0.717) is 23.2 Å². The number of nitro groups is 1. The van der Waals surface area contributed by atoms with Crippen LogP contribution in [0.2, 0.25) is 0 Å². The number of rotatable bonds is 10. The summed E-state index contributed by atoms with van der Waals surface area (Å²) >= 11 is 0. The molecule has 1 amide bonds. The van der Waals surface area contributed by atoms with Gasteiger partial charge in [0.05, 0.1) is 27.6 Å². The minimum atomic E-state index is -4.18. The normalized spacial score (nSPS) is 16.4. The molecular formula is C29H33N5O6S. The van der Waals surface area contributed by atoms with Gasteiger partial charge in [0, 0.05) is 23.6 Å². The summed E-state index contributed by atoms with van der Waals surface area (Å²) < 4.78 is 34.3. The van der Waals surface area contributed by atoms with Crippen LogP contribution in [0, 0.1) is 24.0 Å². The van der Waals surface area contributed by atoms with Crippen LogP contribution >= 0.6 is 0 Å². The molecule has 216 valence electrons. The van der Waals surface area contributed by atoms with E-state index in [2.05, 4.69) is 16.8 Å². The number of nitrogens with zero attached hydrogens (tertiary/aromatic N) is 4. The van der Waals surface area contributed by atoms with Gasteiger partial charge < -0.3 is 4.52 Å². The Morgan fingerprint density at radius 1 is 1.12 bits per heavy atom. The molecule has 0 saturated heterocycles. The Bertz CT molecular complexity index is 1640. The maximum Gasteiger partial charge on any atom is 0.277 e. The first-order valence-electron chi connectivity index (χ1n) is 13.8. The summed E-state index contributed by atoms with van der Waals surface area (Å²) in [5.74, 6) is 0.692. The predicted molar refractivity (Wildman–Crippen MR) is 154 cm³/mol. The number of aliphatic imine (C=N–C) groups is 1. The fourth-order valence-corrected chi connectivity index (χ4v) is 6.82. The first-order valence-corrected chi connectivity index (χ1v) is 15.3. The second-order valence-corrected chi connectivity index (χ2v) is 12.3. The molecule has 1 aliphatic heterocycles. The van der Waals surface area contributed by atoms with Crippen molar-refractivity contribution in [3.8, 4) is 11.1 Å². The molecule has 1 fully saturated rings. The second kappa shape index (κ2) is 11.1. The van der Waals surface area contributed by atoms with Gasteiger partial charge >= 0.3 is 0 Å². The molecular weight excluding hydrogens is 546 g/mol. The van der Waals surface area contributed by atoms with E-state index in [9.17, 15) is 23.3 Å². The molecule has 1 aliphatic carbocycles. The van der Waals surface area contributed by atoms with Gasteiger partial charge in [-0.1, -0.05) is 55.6 Å². The van der Waals surface area contributed by atoms with Crippen molar-refractivity contribution in [2.75, 3.05) is 4.72 Å². The zero-order valence-electron chi connectivity index (χ0n) is 23.3. The lowest BCUT2D eigenvalue weighted by Gasteiger charge is -2.23. The van der Waals surface area contributed by atoms with Crippen LogP contribution in [0.3, 0.4) is 0 Å². The third-order valence-electron chi connectivity index (χ3n) is 7.93. The van der Waals surface area contributed by atoms with E-state index in [1.807, 2.05) is 0 Å². The first kappa shape index (κ1) is 28.5. The molecule has 0 radical (unpaired) electrons. The number of carbonyl (C=O) groups excluding carboxylic acids is 1. The highest BCUT2D eigenvalue weighted by Crippen LogP contribution is 2.41. The van der Waals surface area contributed by atoms with E-state index in [-0.39, 0.29) is 40.0 Å². The van der Waals surface area contributed by atoms with Crippen LogP contribution in [0.15, 0.2) is 56.9 Å². The summed E-state index contributed by atoms with van der Waals surface area (Å²) in [4.78, 5) is 31.7. The molecule has 0 unspecified atom stereocenters. The Kier molecular flexibility index (Phi) is 7.69. The highest BCUT2D eigenvalue weighted by atomic mass is 32.2. The molecule has 0 atom stereocenters. The van der Waals surface area contributed by atoms with Crippen molar-refractivity contribution in [3.63, 3.8) is 0 Å². The van der Waals surface area contributed by atoms with Crippen molar-refractivity contribution in [2.24, 2.45) is 4.99 Å². The minimum Gasteiger partial charge on any atom is -0.337 e. The molecule has 1 N–H and O–H groups in total. The molecule has 1 spiro atoms. The highest BCUT2D eigenvalue weighted by Gasteiger charge is 2.49. The van der Waals surface area contributed by atoms with Crippen molar-refractivity contribution in [1.29, 1.82) is 0 Å². The molecule has 0 bridgehead atoms. The van der Waals surface area contributed by atoms with Crippen LogP contribution in [0.5, 0.6) is 0 Å². The van der Waals surface area contributed by atoms with Gasteiger partial charge in [-0.15, -0.1) is 0 Å². The Labute approximate surface area is 238 Å². The molecule has 41 heavy (non-hydrogen) atoms. The van der Waals surface area contributed by atoms with Gasteiger partial charge in [0.1, 0.15) is 11.4 Å². The molecule has 2 aromatic carbocycles. The SMILES string of the molecule is CCCCC1=NC2(CCCC2)C(=O)N1Cc1ccc(-c2ccccc2S(=O)(=O)Nc2onc(C)c2C)c([N+](=O)[O-])c1. The number of aromatic nitrogens is 1. The fourth-order valence-electron chi connectivity index (χ4n) is 5.55. The summed E-state index contributed by atoms with van der Waals surface area (Å²) in [5.41, 5.74) is 1.00. The molecule has 1 aromatic heterocycles. The van der Waals surface area contributed by atoms with Gasteiger partial charge in [-0.25, -0.2) is 13.1 Å². The Hall–Kier alpha value is -4.06. The van der Waals surface area contributed by atoms with Crippen LogP contribution in [-0.4, -0.2) is 40.7 Å². The molecule has 3 aromatic rings. The standard InChI is InChI=1S/C29H33N5O6S/c1-4-5-12-26-30-29(15-8-9-16-29)28(35)33(26)18-21-13-14-22(24(17-21)34(36)37)23-10-6-7-11-25(23)41(38,39)32-27-19(2)20(3)31-40-27/h6-7,10-11,13-14,17,32H,4-5,8-9,12,15-16,18H2,1-3H3. The van der Waals surface area contributed by atoms with Crippen molar-refractivity contribution in [3.05, 3.63) is 69.4 Å². The van der Waals surface area contributed by atoms with Gasteiger partial charge in [0.15, 0.2) is 0 Å². The maximum absolute atomic E-state index is 13.5. The summed E-state index contributed by atoms with van der Waals surface area (Å²) in [5, 5.41) is 16.1. The molecule has 2 aliphatic rings. The second-order valence-electron chi connectivity index (χ2n) is 10.7. The van der Waals surface area contributed by atoms with Crippen LogP contribution in [-0.2, 0) is 21.4 Å². The molecule has 2 heterocycles. The van der Waals surface area contributed by atoms with E-state index in [0.717, 1.165) is 44.4 Å². The molecule has 12 heteroatoms. The van der Waals surface area contributed by atoms with E-state index < -0.39 is 20.5 Å². The lowest BCUT2D eigenvalue weighted by atomic mass is 9.97. The summed E-state index contributed by atoms with van der Waals surface area (Å²) in [6, 6.07) is 10.7. The number of aryl methyl sites for hydroxylation is 1. The van der Waals surface area contributed by atoms with Gasteiger partial charge in [-0.2, -0.15) is 0 Å². The predicted octanol–water partition coefficient (Wildman–Crippen LogP) is 5.91. The largest absolute Gasteiger partial charge is 0.337 e. The maximum atomic E-state index is 13.5. The number of nitrogens with one attached hydrogen (secondary N) is 1. The average Bonchev–Trinajstić information content (AvgIpc) is 3.63. The minimum absolute atomic E-state index is 0.0157. The number of benzene rings is 2. The summed E-state index contributed by atoms with van der Waals surface area (Å²) in [7, 11) is -4.18. The fraction of sp³-hybridized carbons (Fsp3) is 0.414. The van der Waals surface area contributed by atoms with Gasteiger partial charge in [-0.3, -0.25) is 24.8 Å². The van der Waals surface area contributed by atoms with Crippen LogP contribution < -0.4 is 4.72 Å². The van der Waals surface area contributed by atoms with E-state index in [1.54, 1.807) is 43.0 Å². The zero-order valence-corrected chi connectivity index (χ0v) is 24.2. The van der Waals surface area contributed by atoms with E-state index in [4.69, 9.17) is 9.52 Å². The number of amidine groups is 1. The zero-order chi connectivity index (χ0) is 29.4. The molecule has 1 saturated carbocycles. The number of sulfonamides is 1. The van der Waals surface area contributed by atoms with Gasteiger partial charge in [0.25, 0.3) is 21.6 Å². The Balaban J connectivity index is 1.49. The quantitative estimate of drug-likeness (QED) is 0.232. The number of anilines is 1. The summed E-state index contributed by atoms with van der Waals surface area (Å²) in [6.45, 7) is 5.61. The van der Waals surface area contributed by atoms with Crippen LogP contribution in [0.25, 0.3) is 11.1 Å². The summed E-state index contributed by atoms with van der Waals surface area (Å²) in [6.07, 6.45) is 5.89. The first-order chi connectivity index (χ1) is 19.6. The number of hydrogen-bond donors (Lipinski definition) is 1. The average molecular weight is 580 g/mol. The molecule has 11 nitrogen and oxygen atoms in total. The van der Waals surface area contributed by atoms with Crippen LogP contribution in [0.4, 0.5) is 11.6 Å². The van der Waals surface area contributed by atoms with E-state index in [1.165, 1.54) is 18.2 Å². The van der Waals surface area contributed by atoms with Gasteiger partial charge in [0.2, 0.25) is 5.88 Å².